The van der Waals surface area contributed by atoms with Gasteiger partial charge in [0, 0.05) is 12.7 Å². The molecule has 1 saturated carbocycles. The normalized spacial score (nSPS) is 20.5. The van der Waals surface area contributed by atoms with Crippen molar-refractivity contribution < 1.29 is 13.9 Å². The lowest BCUT2D eigenvalue weighted by molar-refractivity contribution is 0.0938. The second-order valence-electron chi connectivity index (χ2n) is 6.35. The number of hydrogen-bond acceptors (Lipinski definition) is 3. The molecule has 128 valence electrons. The molecule has 0 bridgehead atoms. The summed E-state index contributed by atoms with van der Waals surface area (Å²) in [5.74, 6) is 1.43. The number of benzene rings is 1. The van der Waals surface area contributed by atoms with E-state index in [1.807, 2.05) is 0 Å². The smallest absolute Gasteiger partial charge is 0.254 e. The van der Waals surface area contributed by atoms with E-state index in [4.69, 9.17) is 4.74 Å². The SMILES string of the molecule is O=C(NC[C@H]1CC[C@@H](COc2ccc(F)cc2)CC1)c1cn[nH]c1. The van der Waals surface area contributed by atoms with Gasteiger partial charge in [0.25, 0.3) is 5.91 Å². The van der Waals surface area contributed by atoms with Gasteiger partial charge in [-0.3, -0.25) is 9.89 Å². The first-order chi connectivity index (χ1) is 11.7. The summed E-state index contributed by atoms with van der Waals surface area (Å²) < 4.78 is 18.6. The topological polar surface area (TPSA) is 67.0 Å². The van der Waals surface area contributed by atoms with Crippen LogP contribution in [0.2, 0.25) is 0 Å². The van der Waals surface area contributed by atoms with Gasteiger partial charge in [0.2, 0.25) is 0 Å². The van der Waals surface area contributed by atoms with E-state index < -0.39 is 0 Å². The maximum absolute atomic E-state index is 12.9. The number of carbonyl (C=O) groups is 1. The van der Waals surface area contributed by atoms with E-state index in [2.05, 4.69) is 15.5 Å². The molecule has 3 rings (SSSR count). The average Bonchev–Trinajstić information content (AvgIpc) is 3.15. The highest BCUT2D eigenvalue weighted by Gasteiger charge is 2.22. The summed E-state index contributed by atoms with van der Waals surface area (Å²) in [5, 5.41) is 9.38. The Bertz CT molecular complexity index is 635. The van der Waals surface area contributed by atoms with Gasteiger partial charge >= 0.3 is 0 Å². The Hall–Kier alpha value is -2.37. The predicted molar refractivity (Wildman–Crippen MR) is 88.3 cm³/mol. The number of amides is 1. The highest BCUT2D eigenvalue weighted by Crippen LogP contribution is 2.29. The summed E-state index contributed by atoms with van der Waals surface area (Å²) in [6.45, 7) is 1.37. The lowest BCUT2D eigenvalue weighted by Crippen LogP contribution is -2.31. The fourth-order valence-electron chi connectivity index (χ4n) is 3.06. The number of aromatic nitrogens is 2. The Balaban J connectivity index is 1.35. The number of rotatable bonds is 6. The largest absolute Gasteiger partial charge is 0.493 e. The number of nitrogens with zero attached hydrogens (tertiary/aromatic N) is 1. The Labute approximate surface area is 140 Å². The molecule has 1 aromatic carbocycles. The zero-order valence-electron chi connectivity index (χ0n) is 13.5. The molecule has 0 aliphatic heterocycles. The van der Waals surface area contributed by atoms with Crippen LogP contribution in [0.25, 0.3) is 0 Å². The van der Waals surface area contributed by atoms with Crippen molar-refractivity contribution in [2.75, 3.05) is 13.2 Å². The van der Waals surface area contributed by atoms with Crippen LogP contribution in [0.5, 0.6) is 5.75 Å². The van der Waals surface area contributed by atoms with E-state index in [-0.39, 0.29) is 11.7 Å². The quantitative estimate of drug-likeness (QED) is 0.854. The fraction of sp³-hybridized carbons (Fsp3) is 0.444. The molecular formula is C18H22FN3O2. The van der Waals surface area contributed by atoms with Gasteiger partial charge in [0.1, 0.15) is 11.6 Å². The fourth-order valence-corrected chi connectivity index (χ4v) is 3.06. The number of halogens is 1. The van der Waals surface area contributed by atoms with Gasteiger partial charge in [-0.05, 0) is 61.8 Å². The molecule has 0 radical (unpaired) electrons. The van der Waals surface area contributed by atoms with Crippen LogP contribution in [0.4, 0.5) is 4.39 Å². The number of aromatic amines is 1. The summed E-state index contributed by atoms with van der Waals surface area (Å²) in [6, 6.07) is 6.14. The minimum absolute atomic E-state index is 0.0782. The zero-order chi connectivity index (χ0) is 16.8. The first kappa shape index (κ1) is 16.5. The summed E-state index contributed by atoms with van der Waals surface area (Å²) in [7, 11) is 0. The Morgan fingerprint density at radius 3 is 2.58 bits per heavy atom. The summed E-state index contributed by atoms with van der Waals surface area (Å²) >= 11 is 0. The van der Waals surface area contributed by atoms with Crippen molar-refractivity contribution in [3.8, 4) is 5.75 Å². The second-order valence-corrected chi connectivity index (χ2v) is 6.35. The molecule has 0 unspecified atom stereocenters. The lowest BCUT2D eigenvalue weighted by Gasteiger charge is -2.28. The van der Waals surface area contributed by atoms with Gasteiger partial charge in [0.15, 0.2) is 0 Å². The third kappa shape index (κ3) is 4.57. The molecule has 1 amide bonds. The summed E-state index contributed by atoms with van der Waals surface area (Å²) in [6.07, 6.45) is 7.48. The maximum atomic E-state index is 12.9. The first-order valence-electron chi connectivity index (χ1n) is 8.36. The molecule has 0 saturated heterocycles. The van der Waals surface area contributed by atoms with Crippen molar-refractivity contribution >= 4 is 5.91 Å². The van der Waals surface area contributed by atoms with Gasteiger partial charge in [-0.1, -0.05) is 0 Å². The molecule has 2 N–H and O–H groups in total. The van der Waals surface area contributed by atoms with Crippen LogP contribution >= 0.6 is 0 Å². The first-order valence-corrected chi connectivity index (χ1v) is 8.36. The monoisotopic (exact) mass is 331 g/mol. The highest BCUT2D eigenvalue weighted by molar-refractivity contribution is 5.93. The summed E-state index contributed by atoms with van der Waals surface area (Å²) in [4.78, 5) is 11.9. The molecule has 1 aromatic heterocycles. The molecule has 6 heteroatoms. The molecule has 2 aromatic rings. The minimum Gasteiger partial charge on any atom is -0.493 e. The van der Waals surface area contributed by atoms with Crippen molar-refractivity contribution in [3.63, 3.8) is 0 Å². The molecule has 24 heavy (non-hydrogen) atoms. The van der Waals surface area contributed by atoms with Crippen LogP contribution in [-0.2, 0) is 0 Å². The molecule has 0 atom stereocenters. The standard InChI is InChI=1S/C18H22FN3O2/c19-16-5-7-17(8-6-16)24-12-14-3-1-13(2-4-14)9-20-18(23)15-10-21-22-11-15/h5-8,10-11,13-14H,1-4,9,12H2,(H,20,23)(H,21,22)/t13-,14+. The van der Waals surface area contributed by atoms with Crippen LogP contribution in [0, 0.1) is 17.7 Å². The Morgan fingerprint density at radius 2 is 1.92 bits per heavy atom. The van der Waals surface area contributed by atoms with Crippen LogP contribution in [0.15, 0.2) is 36.7 Å². The van der Waals surface area contributed by atoms with Gasteiger partial charge in [0.05, 0.1) is 18.4 Å². The van der Waals surface area contributed by atoms with Crippen LogP contribution in [0.1, 0.15) is 36.0 Å². The van der Waals surface area contributed by atoms with Gasteiger partial charge < -0.3 is 10.1 Å². The predicted octanol–water partition coefficient (Wildman–Crippen LogP) is 3.16. The van der Waals surface area contributed by atoms with E-state index in [0.29, 0.717) is 36.3 Å². The number of ether oxygens (including phenoxy) is 1. The molecule has 5 nitrogen and oxygen atoms in total. The third-order valence-electron chi connectivity index (χ3n) is 4.58. The third-order valence-corrected chi connectivity index (χ3v) is 4.58. The highest BCUT2D eigenvalue weighted by atomic mass is 19.1. The van der Waals surface area contributed by atoms with Crippen LogP contribution in [-0.4, -0.2) is 29.3 Å². The molecule has 0 spiro atoms. The molecule has 1 aliphatic rings. The Kier molecular flexibility index (Phi) is 5.46. The minimum atomic E-state index is -0.250. The van der Waals surface area contributed by atoms with Crippen molar-refractivity contribution in [2.45, 2.75) is 25.7 Å². The van der Waals surface area contributed by atoms with Crippen molar-refractivity contribution in [1.82, 2.24) is 15.5 Å². The van der Waals surface area contributed by atoms with Crippen molar-refractivity contribution in [3.05, 3.63) is 48.0 Å². The van der Waals surface area contributed by atoms with E-state index in [9.17, 15) is 9.18 Å². The maximum Gasteiger partial charge on any atom is 0.254 e. The molecule has 1 heterocycles. The van der Waals surface area contributed by atoms with E-state index in [1.165, 1.54) is 18.3 Å². The van der Waals surface area contributed by atoms with Gasteiger partial charge in [-0.15, -0.1) is 0 Å². The van der Waals surface area contributed by atoms with E-state index in [0.717, 1.165) is 25.7 Å². The molecular weight excluding hydrogens is 309 g/mol. The number of carbonyl (C=O) groups excluding carboxylic acids is 1. The lowest BCUT2D eigenvalue weighted by atomic mass is 9.82. The zero-order valence-corrected chi connectivity index (χ0v) is 13.5. The van der Waals surface area contributed by atoms with Gasteiger partial charge in [-0.25, -0.2) is 4.39 Å². The van der Waals surface area contributed by atoms with Crippen LogP contribution < -0.4 is 10.1 Å². The second kappa shape index (κ2) is 7.95. The van der Waals surface area contributed by atoms with Crippen LogP contribution in [0.3, 0.4) is 0 Å². The molecule has 1 fully saturated rings. The number of H-pyrrole nitrogens is 1. The number of hydrogen-bond donors (Lipinski definition) is 2. The van der Waals surface area contributed by atoms with E-state index >= 15 is 0 Å². The van der Waals surface area contributed by atoms with Gasteiger partial charge in [-0.2, -0.15) is 5.10 Å². The van der Waals surface area contributed by atoms with Crippen molar-refractivity contribution in [1.29, 1.82) is 0 Å². The average molecular weight is 331 g/mol. The summed E-state index contributed by atoms with van der Waals surface area (Å²) in [5.41, 5.74) is 0.566. The number of nitrogens with one attached hydrogen (secondary N) is 2. The Morgan fingerprint density at radius 1 is 1.21 bits per heavy atom. The molecule has 1 aliphatic carbocycles. The van der Waals surface area contributed by atoms with E-state index in [1.54, 1.807) is 18.3 Å². The van der Waals surface area contributed by atoms with Crippen molar-refractivity contribution in [2.24, 2.45) is 11.8 Å².